The first-order valence-corrected chi connectivity index (χ1v) is 5.19. The summed E-state index contributed by atoms with van der Waals surface area (Å²) in [6.45, 7) is 6.65. The fourth-order valence-electron chi connectivity index (χ4n) is 3.07. The Morgan fingerprint density at radius 2 is 2.08 bits per heavy atom. The number of hydrogen-bond acceptors (Lipinski definition) is 1. The first kappa shape index (κ1) is 8.98. The highest BCUT2D eigenvalue weighted by molar-refractivity contribution is 5.93. The molecule has 1 saturated carbocycles. The molecule has 0 aromatic rings. The molecule has 0 N–H and O–H groups in total. The van der Waals surface area contributed by atoms with Crippen LogP contribution in [0.3, 0.4) is 0 Å². The van der Waals surface area contributed by atoms with Crippen molar-refractivity contribution >= 4 is 5.78 Å². The summed E-state index contributed by atoms with van der Waals surface area (Å²) < 4.78 is 0. The van der Waals surface area contributed by atoms with Crippen molar-refractivity contribution in [2.75, 3.05) is 0 Å². The fourth-order valence-corrected chi connectivity index (χ4v) is 3.07. The number of rotatable bonds is 0. The largest absolute Gasteiger partial charge is 0.295 e. The van der Waals surface area contributed by atoms with Gasteiger partial charge in [0.25, 0.3) is 0 Å². The number of fused-ring (bicyclic) bond motifs is 1. The Balaban J connectivity index is 2.23. The van der Waals surface area contributed by atoms with Crippen LogP contribution in [0.5, 0.6) is 0 Å². The van der Waals surface area contributed by atoms with Gasteiger partial charge < -0.3 is 0 Å². The van der Waals surface area contributed by atoms with Gasteiger partial charge in [-0.2, -0.15) is 0 Å². The summed E-state index contributed by atoms with van der Waals surface area (Å²) in [5.74, 6) is 1.38. The maximum atomic E-state index is 11.7. The lowest BCUT2D eigenvalue weighted by Crippen LogP contribution is -2.21. The number of allylic oxidation sites excluding steroid dienone is 2. The molecule has 0 amide bonds. The predicted octanol–water partition coefficient (Wildman–Crippen LogP) is 2.96. The lowest BCUT2D eigenvalue weighted by Gasteiger charge is -2.22. The van der Waals surface area contributed by atoms with Crippen molar-refractivity contribution in [2.45, 2.75) is 40.0 Å². The van der Waals surface area contributed by atoms with Crippen molar-refractivity contribution in [1.82, 2.24) is 0 Å². The molecule has 0 radical (unpaired) electrons. The zero-order valence-corrected chi connectivity index (χ0v) is 8.76. The van der Waals surface area contributed by atoms with Crippen LogP contribution in [0.1, 0.15) is 40.0 Å². The van der Waals surface area contributed by atoms with Crippen LogP contribution < -0.4 is 0 Å². The molecule has 2 aliphatic carbocycles. The monoisotopic (exact) mass is 178 g/mol. The van der Waals surface area contributed by atoms with E-state index in [0.29, 0.717) is 23.0 Å². The number of carbonyl (C=O) groups excluding carboxylic acids is 1. The summed E-state index contributed by atoms with van der Waals surface area (Å²) in [5.41, 5.74) is 1.67. The van der Waals surface area contributed by atoms with Crippen molar-refractivity contribution in [3.05, 3.63) is 11.6 Å². The molecule has 0 aromatic heterocycles. The highest BCUT2D eigenvalue weighted by Gasteiger charge is 2.43. The Bertz CT molecular complexity index is 273. The van der Waals surface area contributed by atoms with E-state index in [1.807, 2.05) is 6.08 Å². The van der Waals surface area contributed by atoms with E-state index in [0.717, 1.165) is 12.8 Å². The van der Waals surface area contributed by atoms with Crippen LogP contribution in [0.2, 0.25) is 0 Å². The Morgan fingerprint density at radius 1 is 1.38 bits per heavy atom. The molecule has 0 heterocycles. The van der Waals surface area contributed by atoms with Gasteiger partial charge in [-0.1, -0.05) is 19.4 Å². The molecule has 0 bridgehead atoms. The number of carbonyl (C=O) groups is 1. The second kappa shape index (κ2) is 2.70. The van der Waals surface area contributed by atoms with Gasteiger partial charge in [-0.05, 0) is 43.6 Å². The van der Waals surface area contributed by atoms with E-state index >= 15 is 0 Å². The standard InChI is InChI=1S/C12H18O/c1-8-4-9-6-12(2,3)7-10(9)11(13)5-8/h5,9-10H,4,6-7H2,1-3H3/t9-,10?/m1/s1. The minimum Gasteiger partial charge on any atom is -0.295 e. The molecular formula is C12H18O. The van der Waals surface area contributed by atoms with Crippen molar-refractivity contribution in [3.63, 3.8) is 0 Å². The molecule has 1 heteroatoms. The molecule has 13 heavy (non-hydrogen) atoms. The van der Waals surface area contributed by atoms with Crippen LogP contribution in [0, 0.1) is 17.3 Å². The Labute approximate surface area is 80.2 Å². The molecule has 2 rings (SSSR count). The molecule has 72 valence electrons. The minimum atomic E-state index is 0.346. The van der Waals surface area contributed by atoms with Crippen molar-refractivity contribution in [3.8, 4) is 0 Å². The molecule has 0 aromatic carbocycles. The summed E-state index contributed by atoms with van der Waals surface area (Å²) in [4.78, 5) is 11.7. The average Bonchev–Trinajstić information content (AvgIpc) is 2.23. The molecule has 2 aliphatic rings. The van der Waals surface area contributed by atoms with Crippen molar-refractivity contribution < 1.29 is 4.79 Å². The van der Waals surface area contributed by atoms with Crippen LogP contribution in [-0.2, 0) is 4.79 Å². The van der Waals surface area contributed by atoms with E-state index in [4.69, 9.17) is 0 Å². The quantitative estimate of drug-likeness (QED) is 0.557. The van der Waals surface area contributed by atoms with Gasteiger partial charge in [0.15, 0.2) is 5.78 Å². The first-order chi connectivity index (χ1) is 5.98. The zero-order chi connectivity index (χ0) is 9.64. The van der Waals surface area contributed by atoms with E-state index in [1.54, 1.807) is 0 Å². The van der Waals surface area contributed by atoms with Crippen molar-refractivity contribution in [2.24, 2.45) is 17.3 Å². The van der Waals surface area contributed by atoms with Gasteiger partial charge in [-0.15, -0.1) is 0 Å². The van der Waals surface area contributed by atoms with Crippen molar-refractivity contribution in [1.29, 1.82) is 0 Å². The van der Waals surface area contributed by atoms with Gasteiger partial charge in [0.2, 0.25) is 0 Å². The van der Waals surface area contributed by atoms with Crippen LogP contribution >= 0.6 is 0 Å². The van der Waals surface area contributed by atoms with Gasteiger partial charge in [-0.25, -0.2) is 0 Å². The maximum Gasteiger partial charge on any atom is 0.159 e. The Morgan fingerprint density at radius 3 is 2.77 bits per heavy atom. The highest BCUT2D eigenvalue weighted by atomic mass is 16.1. The van der Waals surface area contributed by atoms with E-state index < -0.39 is 0 Å². The summed E-state index contributed by atoms with van der Waals surface area (Å²) >= 11 is 0. The summed E-state index contributed by atoms with van der Waals surface area (Å²) in [7, 11) is 0. The summed E-state index contributed by atoms with van der Waals surface area (Å²) in [6, 6.07) is 0. The second-order valence-corrected chi connectivity index (χ2v) is 5.54. The van der Waals surface area contributed by atoms with Crippen LogP contribution in [0.4, 0.5) is 0 Å². The third-order valence-electron chi connectivity index (χ3n) is 3.49. The minimum absolute atomic E-state index is 0.346. The summed E-state index contributed by atoms with van der Waals surface area (Å²) in [6.07, 6.45) is 5.34. The van der Waals surface area contributed by atoms with Gasteiger partial charge in [0.1, 0.15) is 0 Å². The van der Waals surface area contributed by atoms with E-state index in [9.17, 15) is 4.79 Å². The Hall–Kier alpha value is -0.590. The molecule has 2 atom stereocenters. The molecule has 0 saturated heterocycles. The normalized spacial score (nSPS) is 37.2. The lowest BCUT2D eigenvalue weighted by atomic mass is 9.82. The molecule has 1 unspecified atom stereocenters. The van der Waals surface area contributed by atoms with E-state index in [-0.39, 0.29) is 0 Å². The number of ketones is 1. The average molecular weight is 178 g/mol. The van der Waals surface area contributed by atoms with E-state index in [2.05, 4.69) is 20.8 Å². The highest BCUT2D eigenvalue weighted by Crippen LogP contribution is 2.49. The number of hydrogen-bond donors (Lipinski definition) is 0. The molecule has 1 nitrogen and oxygen atoms in total. The molecule has 1 fully saturated rings. The van der Waals surface area contributed by atoms with Crippen LogP contribution in [-0.4, -0.2) is 5.78 Å². The fraction of sp³-hybridized carbons (Fsp3) is 0.750. The van der Waals surface area contributed by atoms with E-state index in [1.165, 1.54) is 12.0 Å². The molecule has 0 spiro atoms. The first-order valence-electron chi connectivity index (χ1n) is 5.19. The topological polar surface area (TPSA) is 17.1 Å². The third kappa shape index (κ3) is 1.56. The lowest BCUT2D eigenvalue weighted by molar-refractivity contribution is -0.119. The smallest absolute Gasteiger partial charge is 0.159 e. The summed E-state index contributed by atoms with van der Waals surface area (Å²) in [5, 5.41) is 0. The van der Waals surface area contributed by atoms with Crippen LogP contribution in [0.15, 0.2) is 11.6 Å². The SMILES string of the molecule is CC1=CC(=O)C2CC(C)(C)C[C@H]2C1. The van der Waals surface area contributed by atoms with Gasteiger partial charge in [0, 0.05) is 5.92 Å². The molecule has 0 aliphatic heterocycles. The van der Waals surface area contributed by atoms with Gasteiger partial charge in [0.05, 0.1) is 0 Å². The van der Waals surface area contributed by atoms with Crippen LogP contribution in [0.25, 0.3) is 0 Å². The Kier molecular flexibility index (Phi) is 1.86. The zero-order valence-electron chi connectivity index (χ0n) is 8.76. The van der Waals surface area contributed by atoms with Gasteiger partial charge in [-0.3, -0.25) is 4.79 Å². The molecular weight excluding hydrogens is 160 g/mol. The third-order valence-corrected chi connectivity index (χ3v) is 3.49. The predicted molar refractivity (Wildman–Crippen MR) is 53.4 cm³/mol. The van der Waals surface area contributed by atoms with Gasteiger partial charge >= 0.3 is 0 Å². The second-order valence-electron chi connectivity index (χ2n) is 5.54. The maximum absolute atomic E-state index is 11.7.